The van der Waals surface area contributed by atoms with Gasteiger partial charge in [0, 0.05) is 0 Å². The monoisotopic (exact) mass is 339 g/mol. The molecular weight excluding hydrogens is 322 g/mol. The van der Waals surface area contributed by atoms with Gasteiger partial charge in [0.25, 0.3) is 0 Å². The number of sulfonamides is 1. The van der Waals surface area contributed by atoms with Crippen molar-refractivity contribution in [3.63, 3.8) is 0 Å². The Balaban J connectivity index is 2.68. The lowest BCUT2D eigenvalue weighted by Crippen LogP contribution is -2.24. The van der Waals surface area contributed by atoms with Crippen LogP contribution >= 0.6 is 0 Å². The van der Waals surface area contributed by atoms with Crippen molar-refractivity contribution in [2.24, 2.45) is 0 Å². The molecule has 0 aromatic heterocycles. The Bertz CT molecular complexity index is 700. The zero-order valence-electron chi connectivity index (χ0n) is 12.7. The number of hydrogen-bond acceptors (Lipinski definition) is 6. The molecule has 23 heavy (non-hydrogen) atoms. The molecule has 1 aromatic rings. The summed E-state index contributed by atoms with van der Waals surface area (Å²) in [6, 6.07) is 5.03. The van der Waals surface area contributed by atoms with Crippen LogP contribution < -0.4 is 4.72 Å². The summed E-state index contributed by atoms with van der Waals surface area (Å²) in [6.07, 6.45) is 4.69. The number of rotatable bonds is 7. The lowest BCUT2D eigenvalue weighted by Gasteiger charge is -2.09. The molecule has 7 nitrogen and oxygen atoms in total. The van der Waals surface area contributed by atoms with Crippen LogP contribution in [0.2, 0.25) is 0 Å². The molecule has 0 aliphatic carbocycles. The Kier molecular flexibility index (Phi) is 6.75. The summed E-state index contributed by atoms with van der Waals surface area (Å²) in [5, 5.41) is 0. The largest absolute Gasteiger partial charge is 0.460 e. The fraction of sp³-hybridized carbons (Fsp3) is 0.333. The Morgan fingerprint density at radius 2 is 1.87 bits per heavy atom. The van der Waals surface area contributed by atoms with Crippen LogP contribution in [-0.2, 0) is 24.3 Å². The van der Waals surface area contributed by atoms with Gasteiger partial charge in [-0.1, -0.05) is 5.92 Å². The summed E-state index contributed by atoms with van der Waals surface area (Å²) in [7, 11) is -3.72. The highest BCUT2D eigenvalue weighted by atomic mass is 32.2. The molecule has 8 heteroatoms. The number of benzene rings is 1. The third kappa shape index (κ3) is 6.10. The van der Waals surface area contributed by atoms with E-state index in [0.29, 0.717) is 0 Å². The first-order valence-electron chi connectivity index (χ1n) is 6.66. The van der Waals surface area contributed by atoms with Crippen molar-refractivity contribution < 1.29 is 27.5 Å². The molecule has 0 fully saturated rings. The maximum Gasteiger partial charge on any atom is 0.344 e. The van der Waals surface area contributed by atoms with Crippen molar-refractivity contribution >= 4 is 22.0 Å². The summed E-state index contributed by atoms with van der Waals surface area (Å²) in [4.78, 5) is 23.0. The second-order valence-electron chi connectivity index (χ2n) is 4.67. The number of hydrogen-bond donors (Lipinski definition) is 1. The first-order chi connectivity index (χ1) is 10.8. The minimum absolute atomic E-state index is 0.0384. The molecule has 0 aliphatic rings. The summed E-state index contributed by atoms with van der Waals surface area (Å²) < 4.78 is 35.4. The average Bonchev–Trinajstić information content (AvgIpc) is 2.50. The second kappa shape index (κ2) is 8.31. The summed E-state index contributed by atoms with van der Waals surface area (Å²) in [5.41, 5.74) is 0.109. The predicted octanol–water partition coefficient (Wildman–Crippen LogP) is 0.706. The number of carbonyl (C=O) groups excluding carboxylic acids is 2. The van der Waals surface area contributed by atoms with E-state index in [4.69, 9.17) is 15.9 Å². The molecule has 0 unspecified atom stereocenters. The van der Waals surface area contributed by atoms with E-state index in [9.17, 15) is 18.0 Å². The maximum absolute atomic E-state index is 11.8. The molecule has 0 saturated carbocycles. The third-order valence-corrected chi connectivity index (χ3v) is 3.87. The van der Waals surface area contributed by atoms with Gasteiger partial charge in [0.15, 0.2) is 6.61 Å². The standard InChI is InChI=1S/C15H17NO6S/c1-4-9-16-23(19,20)13-7-5-12(6-8-13)15(18)21-10-14(17)22-11(2)3/h1,5-8,11,16H,9-10H2,2-3H3. The van der Waals surface area contributed by atoms with Crippen molar-refractivity contribution in [1.29, 1.82) is 0 Å². The van der Waals surface area contributed by atoms with Crippen LogP contribution in [0.15, 0.2) is 29.2 Å². The zero-order chi connectivity index (χ0) is 17.5. The number of nitrogens with one attached hydrogen (secondary N) is 1. The highest BCUT2D eigenvalue weighted by molar-refractivity contribution is 7.89. The van der Waals surface area contributed by atoms with Crippen LogP contribution in [0, 0.1) is 12.3 Å². The van der Waals surface area contributed by atoms with Crippen molar-refractivity contribution in [1.82, 2.24) is 4.72 Å². The molecule has 1 rings (SSSR count). The Hall–Kier alpha value is -2.37. The maximum atomic E-state index is 11.8. The van der Waals surface area contributed by atoms with Gasteiger partial charge < -0.3 is 9.47 Å². The molecule has 0 bridgehead atoms. The lowest BCUT2D eigenvalue weighted by atomic mass is 10.2. The number of esters is 2. The molecule has 0 amide bonds. The van der Waals surface area contributed by atoms with Gasteiger partial charge in [0.2, 0.25) is 10.0 Å². The van der Waals surface area contributed by atoms with Crippen LogP contribution in [0.3, 0.4) is 0 Å². The number of carbonyl (C=O) groups is 2. The summed E-state index contributed by atoms with van der Waals surface area (Å²) >= 11 is 0. The topological polar surface area (TPSA) is 98.8 Å². The minimum atomic E-state index is -3.72. The van der Waals surface area contributed by atoms with E-state index in [1.54, 1.807) is 13.8 Å². The van der Waals surface area contributed by atoms with E-state index in [1.165, 1.54) is 24.3 Å². The van der Waals surface area contributed by atoms with Gasteiger partial charge in [-0.25, -0.2) is 18.0 Å². The first-order valence-corrected chi connectivity index (χ1v) is 8.14. The van der Waals surface area contributed by atoms with E-state index in [1.807, 2.05) is 0 Å². The van der Waals surface area contributed by atoms with Crippen molar-refractivity contribution in [3.05, 3.63) is 29.8 Å². The Labute approximate surface area is 135 Å². The van der Waals surface area contributed by atoms with Crippen LogP contribution in [-0.4, -0.2) is 39.6 Å². The number of terminal acetylenes is 1. The molecular formula is C15H17NO6S. The molecule has 1 aromatic carbocycles. The van der Waals surface area contributed by atoms with E-state index in [0.717, 1.165) is 0 Å². The Morgan fingerprint density at radius 3 is 2.39 bits per heavy atom. The predicted molar refractivity (Wildman–Crippen MR) is 82.0 cm³/mol. The van der Waals surface area contributed by atoms with Crippen LogP contribution in [0.25, 0.3) is 0 Å². The van der Waals surface area contributed by atoms with Gasteiger partial charge in [-0.3, -0.25) is 0 Å². The van der Waals surface area contributed by atoms with Gasteiger partial charge in [0.05, 0.1) is 23.1 Å². The summed E-state index contributed by atoms with van der Waals surface area (Å²) in [5.74, 6) is 0.736. The zero-order valence-corrected chi connectivity index (χ0v) is 13.6. The quantitative estimate of drug-likeness (QED) is 0.580. The molecule has 0 spiro atoms. The first kappa shape index (κ1) is 18.7. The third-order valence-electron chi connectivity index (χ3n) is 2.45. The molecule has 0 atom stereocenters. The highest BCUT2D eigenvalue weighted by Gasteiger charge is 2.15. The molecule has 0 saturated heterocycles. The molecule has 0 heterocycles. The average molecular weight is 339 g/mol. The van der Waals surface area contributed by atoms with Crippen molar-refractivity contribution in [2.45, 2.75) is 24.8 Å². The van der Waals surface area contributed by atoms with E-state index in [2.05, 4.69) is 10.6 Å². The van der Waals surface area contributed by atoms with E-state index in [-0.39, 0.29) is 23.1 Å². The van der Waals surface area contributed by atoms with Gasteiger partial charge in [-0.05, 0) is 38.1 Å². The van der Waals surface area contributed by atoms with E-state index < -0.39 is 28.6 Å². The van der Waals surface area contributed by atoms with E-state index >= 15 is 0 Å². The van der Waals surface area contributed by atoms with Gasteiger partial charge in [0.1, 0.15) is 0 Å². The molecule has 124 valence electrons. The molecule has 0 aliphatic heterocycles. The smallest absolute Gasteiger partial charge is 0.344 e. The Morgan fingerprint density at radius 1 is 1.26 bits per heavy atom. The second-order valence-corrected chi connectivity index (χ2v) is 6.43. The minimum Gasteiger partial charge on any atom is -0.460 e. The van der Waals surface area contributed by atoms with Gasteiger partial charge in [-0.15, -0.1) is 6.42 Å². The van der Waals surface area contributed by atoms with Crippen LogP contribution in [0.5, 0.6) is 0 Å². The summed E-state index contributed by atoms with van der Waals surface area (Å²) in [6.45, 7) is 2.70. The van der Waals surface area contributed by atoms with Crippen molar-refractivity contribution in [2.75, 3.05) is 13.2 Å². The fourth-order valence-corrected chi connectivity index (χ4v) is 2.43. The molecule has 0 radical (unpaired) electrons. The highest BCUT2D eigenvalue weighted by Crippen LogP contribution is 2.11. The lowest BCUT2D eigenvalue weighted by molar-refractivity contribution is -0.150. The normalized spacial score (nSPS) is 10.9. The molecule has 1 N–H and O–H groups in total. The van der Waals surface area contributed by atoms with Crippen LogP contribution in [0.4, 0.5) is 0 Å². The van der Waals surface area contributed by atoms with Gasteiger partial charge in [-0.2, -0.15) is 4.72 Å². The van der Waals surface area contributed by atoms with Gasteiger partial charge >= 0.3 is 11.9 Å². The SMILES string of the molecule is C#CCNS(=O)(=O)c1ccc(C(=O)OCC(=O)OC(C)C)cc1. The van der Waals surface area contributed by atoms with Crippen LogP contribution in [0.1, 0.15) is 24.2 Å². The number of ether oxygens (including phenoxy) is 2. The fourth-order valence-electron chi connectivity index (χ4n) is 1.49. The van der Waals surface area contributed by atoms with Crippen molar-refractivity contribution in [3.8, 4) is 12.3 Å².